The fraction of sp³-hybridized carbons (Fsp3) is 0.333. The zero-order chi connectivity index (χ0) is 13.7. The van der Waals surface area contributed by atoms with Gasteiger partial charge in [0.1, 0.15) is 0 Å². The molecule has 4 heteroatoms. The first-order valence-corrected chi connectivity index (χ1v) is 6.49. The van der Waals surface area contributed by atoms with E-state index in [0.717, 1.165) is 17.4 Å². The first-order valence-electron chi connectivity index (χ1n) is 6.49. The maximum atomic E-state index is 12.2. The van der Waals surface area contributed by atoms with Crippen LogP contribution in [0.2, 0.25) is 0 Å². The van der Waals surface area contributed by atoms with Gasteiger partial charge in [-0.3, -0.25) is 9.78 Å². The normalized spacial score (nSPS) is 12.3. The van der Waals surface area contributed by atoms with Crippen molar-refractivity contribution >= 4 is 16.8 Å². The summed E-state index contributed by atoms with van der Waals surface area (Å²) < 4.78 is 0. The lowest BCUT2D eigenvalue weighted by molar-refractivity contribution is 0.0949. The van der Waals surface area contributed by atoms with E-state index >= 15 is 0 Å². The fourth-order valence-electron chi connectivity index (χ4n) is 2.07. The van der Waals surface area contributed by atoms with Crippen molar-refractivity contribution in [2.45, 2.75) is 6.92 Å². The number of pyridine rings is 1. The van der Waals surface area contributed by atoms with Crippen molar-refractivity contribution in [2.75, 3.05) is 20.1 Å². The van der Waals surface area contributed by atoms with Gasteiger partial charge in [0, 0.05) is 18.1 Å². The molecule has 4 nitrogen and oxygen atoms in total. The number of rotatable bonds is 5. The molecule has 0 bridgehead atoms. The van der Waals surface area contributed by atoms with E-state index in [1.54, 1.807) is 6.20 Å². The van der Waals surface area contributed by atoms with Crippen molar-refractivity contribution in [3.8, 4) is 0 Å². The lowest BCUT2D eigenvalue weighted by atomic mass is 10.1. The summed E-state index contributed by atoms with van der Waals surface area (Å²) in [4.78, 5) is 16.5. The van der Waals surface area contributed by atoms with Gasteiger partial charge in [0.15, 0.2) is 0 Å². The van der Waals surface area contributed by atoms with Gasteiger partial charge < -0.3 is 10.6 Å². The van der Waals surface area contributed by atoms with Crippen molar-refractivity contribution in [3.63, 3.8) is 0 Å². The van der Waals surface area contributed by atoms with Gasteiger partial charge in [0.25, 0.3) is 5.91 Å². The minimum Gasteiger partial charge on any atom is -0.352 e. The number of para-hydroxylation sites is 1. The summed E-state index contributed by atoms with van der Waals surface area (Å²) in [5, 5.41) is 7.04. The third kappa shape index (κ3) is 3.29. The number of nitrogens with one attached hydrogen (secondary N) is 2. The number of benzene rings is 1. The summed E-state index contributed by atoms with van der Waals surface area (Å²) in [5.74, 6) is 0.337. The number of hydrogen-bond donors (Lipinski definition) is 2. The quantitative estimate of drug-likeness (QED) is 0.859. The molecule has 1 unspecified atom stereocenters. The van der Waals surface area contributed by atoms with Gasteiger partial charge in [-0.25, -0.2) is 0 Å². The molecule has 1 atom stereocenters. The molecule has 2 rings (SSSR count). The van der Waals surface area contributed by atoms with Crippen molar-refractivity contribution in [1.29, 1.82) is 0 Å². The molecule has 2 N–H and O–H groups in total. The molecule has 19 heavy (non-hydrogen) atoms. The molecule has 0 aliphatic rings. The molecule has 0 saturated carbocycles. The van der Waals surface area contributed by atoms with Gasteiger partial charge in [0.2, 0.25) is 0 Å². The smallest absolute Gasteiger partial charge is 0.253 e. The highest BCUT2D eigenvalue weighted by Gasteiger charge is 2.11. The van der Waals surface area contributed by atoms with Crippen LogP contribution < -0.4 is 10.6 Å². The van der Waals surface area contributed by atoms with Crippen LogP contribution in [0.4, 0.5) is 0 Å². The maximum absolute atomic E-state index is 12.2. The van der Waals surface area contributed by atoms with Gasteiger partial charge in [-0.15, -0.1) is 0 Å². The zero-order valence-corrected chi connectivity index (χ0v) is 11.3. The largest absolute Gasteiger partial charge is 0.352 e. The number of nitrogens with zero attached hydrogens (tertiary/aromatic N) is 1. The van der Waals surface area contributed by atoms with E-state index in [-0.39, 0.29) is 5.91 Å². The summed E-state index contributed by atoms with van der Waals surface area (Å²) >= 11 is 0. The Bertz CT molecular complexity index is 563. The number of carbonyl (C=O) groups excluding carboxylic acids is 1. The summed E-state index contributed by atoms with van der Waals surface area (Å²) in [6.07, 6.45) is 1.71. The molecule has 1 heterocycles. The molecule has 1 amide bonds. The van der Waals surface area contributed by atoms with Crippen LogP contribution in [-0.4, -0.2) is 31.0 Å². The van der Waals surface area contributed by atoms with Gasteiger partial charge in [-0.05, 0) is 31.6 Å². The molecule has 2 aromatic rings. The lowest BCUT2D eigenvalue weighted by Gasteiger charge is -2.12. The molecular formula is C15H19N3O. The Kier molecular flexibility index (Phi) is 4.47. The predicted octanol–water partition coefficient (Wildman–Crippen LogP) is 1.82. The van der Waals surface area contributed by atoms with Crippen molar-refractivity contribution in [1.82, 2.24) is 15.6 Å². The van der Waals surface area contributed by atoms with Crippen molar-refractivity contribution in [3.05, 3.63) is 42.1 Å². The minimum absolute atomic E-state index is 0.0627. The Hall–Kier alpha value is -1.94. The summed E-state index contributed by atoms with van der Waals surface area (Å²) in [6, 6.07) is 9.49. The van der Waals surface area contributed by atoms with Crippen LogP contribution in [0.25, 0.3) is 10.9 Å². The van der Waals surface area contributed by atoms with Crippen LogP contribution in [-0.2, 0) is 0 Å². The second kappa shape index (κ2) is 6.29. The standard InChI is InChI=1S/C15H19N3O/c1-11(9-16-2)10-18-15(19)13-7-3-5-12-6-4-8-17-14(12)13/h3-8,11,16H,9-10H2,1-2H3,(H,18,19). The molecule has 1 aromatic heterocycles. The number of fused-ring (bicyclic) bond motifs is 1. The number of amides is 1. The van der Waals surface area contributed by atoms with Crippen molar-refractivity contribution in [2.24, 2.45) is 5.92 Å². The van der Waals surface area contributed by atoms with Crippen LogP contribution in [0.3, 0.4) is 0 Å². The minimum atomic E-state index is -0.0627. The summed E-state index contributed by atoms with van der Waals surface area (Å²) in [5.41, 5.74) is 1.39. The first-order chi connectivity index (χ1) is 9.22. The highest BCUT2D eigenvalue weighted by Crippen LogP contribution is 2.15. The van der Waals surface area contributed by atoms with E-state index in [1.807, 2.05) is 37.4 Å². The molecule has 0 radical (unpaired) electrons. The molecule has 100 valence electrons. The SMILES string of the molecule is CNCC(C)CNC(=O)c1cccc2cccnc12. The molecule has 0 fully saturated rings. The second-order valence-electron chi connectivity index (χ2n) is 4.75. The summed E-state index contributed by atoms with van der Waals surface area (Å²) in [7, 11) is 1.91. The van der Waals surface area contributed by atoms with Crippen LogP contribution >= 0.6 is 0 Å². The number of hydrogen-bond acceptors (Lipinski definition) is 3. The molecule has 0 saturated heterocycles. The van der Waals surface area contributed by atoms with Crippen molar-refractivity contribution < 1.29 is 4.79 Å². The zero-order valence-electron chi connectivity index (χ0n) is 11.3. The molecule has 0 aliphatic carbocycles. The molecule has 1 aromatic carbocycles. The van der Waals surface area contributed by atoms with E-state index in [9.17, 15) is 4.79 Å². The summed E-state index contributed by atoms with van der Waals surface area (Å²) in [6.45, 7) is 3.63. The van der Waals surface area contributed by atoms with E-state index in [2.05, 4.69) is 22.5 Å². The van der Waals surface area contributed by atoms with E-state index in [4.69, 9.17) is 0 Å². The Morgan fingerprint density at radius 2 is 2.05 bits per heavy atom. The monoisotopic (exact) mass is 257 g/mol. The third-order valence-electron chi connectivity index (χ3n) is 3.04. The fourth-order valence-corrected chi connectivity index (χ4v) is 2.07. The average Bonchev–Trinajstić information content (AvgIpc) is 2.44. The molecule has 0 aliphatic heterocycles. The Balaban J connectivity index is 2.13. The third-order valence-corrected chi connectivity index (χ3v) is 3.04. The van der Waals surface area contributed by atoms with E-state index in [1.165, 1.54) is 0 Å². The maximum Gasteiger partial charge on any atom is 0.253 e. The Morgan fingerprint density at radius 1 is 1.26 bits per heavy atom. The van der Waals surface area contributed by atoms with Gasteiger partial charge in [0.05, 0.1) is 11.1 Å². The topological polar surface area (TPSA) is 54.0 Å². The van der Waals surface area contributed by atoms with Crippen LogP contribution in [0.5, 0.6) is 0 Å². The Morgan fingerprint density at radius 3 is 2.84 bits per heavy atom. The molecular weight excluding hydrogens is 238 g/mol. The lowest BCUT2D eigenvalue weighted by Crippen LogP contribution is -2.32. The number of aromatic nitrogens is 1. The van der Waals surface area contributed by atoms with Gasteiger partial charge in [-0.2, -0.15) is 0 Å². The average molecular weight is 257 g/mol. The van der Waals surface area contributed by atoms with Gasteiger partial charge >= 0.3 is 0 Å². The second-order valence-corrected chi connectivity index (χ2v) is 4.75. The van der Waals surface area contributed by atoms with Crippen LogP contribution in [0.1, 0.15) is 17.3 Å². The van der Waals surface area contributed by atoms with Crippen LogP contribution in [0.15, 0.2) is 36.5 Å². The number of carbonyl (C=O) groups is 1. The predicted molar refractivity (Wildman–Crippen MR) is 77.2 cm³/mol. The van der Waals surface area contributed by atoms with E-state index < -0.39 is 0 Å². The van der Waals surface area contributed by atoms with Crippen LogP contribution in [0, 0.1) is 5.92 Å². The van der Waals surface area contributed by atoms with E-state index in [0.29, 0.717) is 18.0 Å². The molecule has 0 spiro atoms. The first kappa shape index (κ1) is 13.5. The highest BCUT2D eigenvalue weighted by molar-refractivity contribution is 6.05. The Labute approximate surface area is 113 Å². The highest BCUT2D eigenvalue weighted by atomic mass is 16.1. The van der Waals surface area contributed by atoms with Gasteiger partial charge in [-0.1, -0.05) is 25.1 Å².